The van der Waals surface area contributed by atoms with Gasteiger partial charge in [0.1, 0.15) is 0 Å². The SMILES string of the molecule is OC(CCF)CCF. The molecule has 1 nitrogen and oxygen atoms in total. The van der Waals surface area contributed by atoms with E-state index in [4.69, 9.17) is 5.11 Å². The van der Waals surface area contributed by atoms with Crippen molar-refractivity contribution >= 4 is 0 Å². The van der Waals surface area contributed by atoms with E-state index in [0.717, 1.165) is 0 Å². The van der Waals surface area contributed by atoms with E-state index < -0.39 is 19.5 Å². The maximum atomic E-state index is 11.3. The summed E-state index contributed by atoms with van der Waals surface area (Å²) >= 11 is 0. The molecule has 0 heterocycles. The Hall–Kier alpha value is -0.180. The Kier molecular flexibility index (Phi) is 4.85. The fourth-order valence-corrected chi connectivity index (χ4v) is 0.396. The topological polar surface area (TPSA) is 20.2 Å². The van der Waals surface area contributed by atoms with E-state index in [9.17, 15) is 8.78 Å². The second kappa shape index (κ2) is 4.97. The zero-order valence-electron chi connectivity index (χ0n) is 4.61. The van der Waals surface area contributed by atoms with Gasteiger partial charge >= 0.3 is 0 Å². The third-order valence-corrected chi connectivity index (χ3v) is 0.885. The van der Waals surface area contributed by atoms with Gasteiger partial charge in [-0.25, -0.2) is 0 Å². The molecule has 0 aliphatic rings. The molecule has 0 aromatic carbocycles. The van der Waals surface area contributed by atoms with E-state index in [0.29, 0.717) is 0 Å². The summed E-state index contributed by atoms with van der Waals surface area (Å²) in [4.78, 5) is 0. The van der Waals surface area contributed by atoms with Crippen molar-refractivity contribution in [3.63, 3.8) is 0 Å². The normalized spacial score (nSPS) is 10.5. The van der Waals surface area contributed by atoms with Crippen LogP contribution in [0.1, 0.15) is 12.8 Å². The van der Waals surface area contributed by atoms with Crippen LogP contribution in [0.5, 0.6) is 0 Å². The van der Waals surface area contributed by atoms with E-state index in [-0.39, 0.29) is 12.8 Å². The minimum atomic E-state index is -0.787. The van der Waals surface area contributed by atoms with E-state index in [1.807, 2.05) is 0 Å². The summed E-state index contributed by atoms with van der Waals surface area (Å²) in [6, 6.07) is 0. The molecule has 1 N–H and O–H groups in total. The predicted octanol–water partition coefficient (Wildman–Crippen LogP) is 1.07. The lowest BCUT2D eigenvalue weighted by Crippen LogP contribution is -2.07. The fraction of sp³-hybridized carbons (Fsp3) is 1.00. The quantitative estimate of drug-likeness (QED) is 0.594. The lowest BCUT2D eigenvalue weighted by Gasteiger charge is -2.02. The highest BCUT2D eigenvalue weighted by atomic mass is 19.1. The molecule has 0 aliphatic carbocycles. The van der Waals surface area contributed by atoms with Crippen LogP contribution in [0.25, 0.3) is 0 Å². The van der Waals surface area contributed by atoms with Crippen LogP contribution in [0, 0.1) is 0 Å². The molecule has 0 atom stereocenters. The van der Waals surface area contributed by atoms with E-state index in [1.54, 1.807) is 0 Å². The van der Waals surface area contributed by atoms with Crippen LogP contribution in [-0.2, 0) is 0 Å². The van der Waals surface area contributed by atoms with Gasteiger partial charge in [0.25, 0.3) is 0 Å². The Morgan fingerprint density at radius 1 is 1.12 bits per heavy atom. The third kappa shape index (κ3) is 3.99. The highest BCUT2D eigenvalue weighted by molar-refractivity contribution is 4.51. The zero-order valence-corrected chi connectivity index (χ0v) is 4.61. The van der Waals surface area contributed by atoms with Crippen molar-refractivity contribution in [3.8, 4) is 0 Å². The van der Waals surface area contributed by atoms with E-state index in [2.05, 4.69) is 0 Å². The van der Waals surface area contributed by atoms with Crippen LogP contribution in [0.15, 0.2) is 0 Å². The van der Waals surface area contributed by atoms with Crippen LogP contribution in [0.2, 0.25) is 0 Å². The van der Waals surface area contributed by atoms with Crippen molar-refractivity contribution in [2.24, 2.45) is 0 Å². The summed E-state index contributed by atoms with van der Waals surface area (Å²) in [5.41, 5.74) is 0. The third-order valence-electron chi connectivity index (χ3n) is 0.885. The first kappa shape index (κ1) is 7.82. The van der Waals surface area contributed by atoms with E-state index >= 15 is 0 Å². The van der Waals surface area contributed by atoms with Gasteiger partial charge in [-0.05, 0) is 0 Å². The van der Waals surface area contributed by atoms with Gasteiger partial charge in [-0.15, -0.1) is 0 Å². The summed E-state index contributed by atoms with van der Waals surface area (Å²) in [6.07, 6.45) is -0.668. The van der Waals surface area contributed by atoms with Gasteiger partial charge in [-0.1, -0.05) is 0 Å². The molecule has 0 rings (SSSR count). The number of halogens is 2. The monoisotopic (exact) mass is 124 g/mol. The first-order chi connectivity index (χ1) is 3.81. The van der Waals surface area contributed by atoms with Gasteiger partial charge < -0.3 is 5.11 Å². The van der Waals surface area contributed by atoms with Crippen molar-refractivity contribution < 1.29 is 13.9 Å². The first-order valence-electron chi connectivity index (χ1n) is 2.61. The van der Waals surface area contributed by atoms with Gasteiger partial charge in [0.05, 0.1) is 19.5 Å². The molecule has 0 amide bonds. The zero-order chi connectivity index (χ0) is 6.41. The largest absolute Gasteiger partial charge is 0.393 e. The molecule has 8 heavy (non-hydrogen) atoms. The van der Waals surface area contributed by atoms with Gasteiger partial charge in [-0.3, -0.25) is 8.78 Å². The summed E-state index contributed by atoms with van der Waals surface area (Å²) in [5.74, 6) is 0. The second-order valence-electron chi connectivity index (χ2n) is 1.61. The number of aliphatic hydroxyl groups is 1. The average molecular weight is 124 g/mol. The standard InChI is InChI=1S/C5H10F2O/c6-3-1-5(8)2-4-7/h5,8H,1-4H2. The molecule has 0 aliphatic heterocycles. The lowest BCUT2D eigenvalue weighted by molar-refractivity contribution is 0.135. The number of alkyl halides is 2. The van der Waals surface area contributed by atoms with Crippen molar-refractivity contribution in [1.29, 1.82) is 0 Å². The van der Waals surface area contributed by atoms with Gasteiger partial charge in [0.15, 0.2) is 0 Å². The highest BCUT2D eigenvalue weighted by Crippen LogP contribution is 1.97. The van der Waals surface area contributed by atoms with Crippen LogP contribution >= 0.6 is 0 Å². The van der Waals surface area contributed by atoms with Crippen molar-refractivity contribution in [3.05, 3.63) is 0 Å². The molecule has 0 saturated carbocycles. The lowest BCUT2D eigenvalue weighted by atomic mass is 10.2. The van der Waals surface area contributed by atoms with Crippen LogP contribution < -0.4 is 0 Å². The summed E-state index contributed by atoms with van der Waals surface area (Å²) in [6.45, 7) is -1.14. The van der Waals surface area contributed by atoms with Gasteiger partial charge in [-0.2, -0.15) is 0 Å². The first-order valence-corrected chi connectivity index (χ1v) is 2.61. The maximum absolute atomic E-state index is 11.3. The smallest absolute Gasteiger partial charge is 0.0919 e. The minimum Gasteiger partial charge on any atom is -0.393 e. The Labute approximate surface area is 47.3 Å². The molecule has 0 unspecified atom stereocenters. The second-order valence-corrected chi connectivity index (χ2v) is 1.61. The molecule has 0 spiro atoms. The number of hydrogen-bond acceptors (Lipinski definition) is 1. The summed E-state index contributed by atoms with van der Waals surface area (Å²) in [5, 5.41) is 8.57. The van der Waals surface area contributed by atoms with Crippen molar-refractivity contribution in [2.75, 3.05) is 13.3 Å². The van der Waals surface area contributed by atoms with Gasteiger partial charge in [0, 0.05) is 12.8 Å². The summed E-state index contributed by atoms with van der Waals surface area (Å²) < 4.78 is 22.6. The Morgan fingerprint density at radius 2 is 1.50 bits per heavy atom. The molecule has 0 bridgehead atoms. The fourth-order valence-electron chi connectivity index (χ4n) is 0.396. The number of rotatable bonds is 4. The number of aliphatic hydroxyl groups excluding tert-OH is 1. The molecular formula is C5H10F2O. The average Bonchev–Trinajstić information content (AvgIpc) is 1.68. The minimum absolute atomic E-state index is 0.0594. The molecule has 50 valence electrons. The molecule has 0 aromatic heterocycles. The Balaban J connectivity index is 2.92. The maximum Gasteiger partial charge on any atom is 0.0919 e. The highest BCUT2D eigenvalue weighted by Gasteiger charge is 2.00. The van der Waals surface area contributed by atoms with E-state index in [1.165, 1.54) is 0 Å². The molecule has 0 fully saturated rings. The summed E-state index contributed by atoms with van der Waals surface area (Å²) in [7, 11) is 0. The molecular weight excluding hydrogens is 114 g/mol. The van der Waals surface area contributed by atoms with Crippen LogP contribution in [0.3, 0.4) is 0 Å². The molecule has 3 heteroatoms. The van der Waals surface area contributed by atoms with Gasteiger partial charge in [0.2, 0.25) is 0 Å². The Bertz CT molecular complexity index is 43.7. The predicted molar refractivity (Wildman–Crippen MR) is 27.2 cm³/mol. The Morgan fingerprint density at radius 3 is 1.75 bits per heavy atom. The van der Waals surface area contributed by atoms with Crippen LogP contribution in [-0.4, -0.2) is 24.6 Å². The van der Waals surface area contributed by atoms with Crippen molar-refractivity contribution in [2.45, 2.75) is 18.9 Å². The van der Waals surface area contributed by atoms with Crippen LogP contribution in [0.4, 0.5) is 8.78 Å². The molecule has 0 radical (unpaired) electrons. The molecule has 0 saturated heterocycles. The number of hydrogen-bond donors (Lipinski definition) is 1. The van der Waals surface area contributed by atoms with Crippen molar-refractivity contribution in [1.82, 2.24) is 0 Å². The molecule has 0 aromatic rings.